The fraction of sp³-hybridized carbons (Fsp3) is 0.273. The Morgan fingerprint density at radius 1 is 1.07 bits per heavy atom. The molecule has 3 aromatic rings. The maximum absolute atomic E-state index is 13.7. The second kappa shape index (κ2) is 6.93. The van der Waals surface area contributed by atoms with E-state index in [1.165, 1.54) is 9.54 Å². The average Bonchev–Trinajstić information content (AvgIpc) is 3.28. The standard InChI is InChI=1S/C22H22N2O4S/c1-23-12-16-13-24(22-18-7-3-2-5-15(18)6-4-8-19(16)22)29(25,26)17-9-10-20-21(11-17)28-14-27-20/h2-3,5,7,9-11,13,23H,4,6,8,12,14H2,1H3. The van der Waals surface area contributed by atoms with Crippen LogP contribution in [0.4, 0.5) is 0 Å². The predicted octanol–water partition coefficient (Wildman–Crippen LogP) is 3.33. The highest BCUT2D eigenvalue weighted by atomic mass is 32.2. The molecule has 2 heterocycles. The Kier molecular flexibility index (Phi) is 4.37. The normalized spacial score (nSPS) is 14.9. The summed E-state index contributed by atoms with van der Waals surface area (Å²) < 4.78 is 39.6. The molecule has 0 saturated heterocycles. The third kappa shape index (κ3) is 2.92. The second-order valence-corrected chi connectivity index (χ2v) is 9.15. The van der Waals surface area contributed by atoms with Crippen LogP contribution in [0.15, 0.2) is 53.6 Å². The molecule has 1 N–H and O–H groups in total. The van der Waals surface area contributed by atoms with E-state index in [9.17, 15) is 8.42 Å². The molecule has 0 radical (unpaired) electrons. The highest BCUT2D eigenvalue weighted by molar-refractivity contribution is 7.90. The summed E-state index contributed by atoms with van der Waals surface area (Å²) in [6.45, 7) is 0.728. The van der Waals surface area contributed by atoms with Gasteiger partial charge in [0, 0.05) is 24.4 Å². The van der Waals surface area contributed by atoms with Crippen LogP contribution in [-0.4, -0.2) is 26.2 Å². The van der Waals surface area contributed by atoms with Crippen molar-refractivity contribution >= 4 is 10.0 Å². The number of ether oxygens (including phenoxy) is 2. The summed E-state index contributed by atoms with van der Waals surface area (Å²) in [7, 11) is -1.93. The molecule has 1 aliphatic carbocycles. The van der Waals surface area contributed by atoms with E-state index in [0.717, 1.165) is 41.6 Å². The number of benzene rings is 2. The molecule has 1 aliphatic heterocycles. The highest BCUT2D eigenvalue weighted by Gasteiger charge is 2.29. The number of rotatable bonds is 4. The van der Waals surface area contributed by atoms with Crippen LogP contribution in [0.1, 0.15) is 23.1 Å². The summed E-state index contributed by atoms with van der Waals surface area (Å²) in [5.41, 5.74) is 5.08. The summed E-state index contributed by atoms with van der Waals surface area (Å²) in [4.78, 5) is 0.192. The second-order valence-electron chi connectivity index (χ2n) is 7.34. The van der Waals surface area contributed by atoms with Gasteiger partial charge in [0.15, 0.2) is 11.5 Å². The first-order chi connectivity index (χ1) is 14.1. The summed E-state index contributed by atoms with van der Waals surface area (Å²) in [5.74, 6) is 1.02. The Hall–Kier alpha value is -2.77. The first-order valence-electron chi connectivity index (χ1n) is 9.71. The van der Waals surface area contributed by atoms with Crippen LogP contribution < -0.4 is 14.8 Å². The summed E-state index contributed by atoms with van der Waals surface area (Å²) >= 11 is 0. The fourth-order valence-electron chi connectivity index (χ4n) is 4.24. The lowest BCUT2D eigenvalue weighted by Gasteiger charge is -2.14. The zero-order chi connectivity index (χ0) is 20.0. The van der Waals surface area contributed by atoms with Gasteiger partial charge in [-0.2, -0.15) is 0 Å². The van der Waals surface area contributed by atoms with Crippen molar-refractivity contribution in [3.8, 4) is 22.8 Å². The van der Waals surface area contributed by atoms with Crippen LogP contribution in [-0.2, 0) is 29.4 Å². The maximum atomic E-state index is 13.7. The first-order valence-corrected chi connectivity index (χ1v) is 11.1. The monoisotopic (exact) mass is 410 g/mol. The number of hydrogen-bond donors (Lipinski definition) is 1. The SMILES string of the molecule is CNCc1cn(S(=O)(=O)c2ccc3c(c2)OCO3)c2c1CCCc1ccccc1-2. The Morgan fingerprint density at radius 2 is 1.90 bits per heavy atom. The molecular formula is C22H22N2O4S. The fourth-order valence-corrected chi connectivity index (χ4v) is 5.68. The number of aryl methyl sites for hydroxylation is 1. The maximum Gasteiger partial charge on any atom is 0.268 e. The van der Waals surface area contributed by atoms with Gasteiger partial charge in [-0.1, -0.05) is 24.3 Å². The molecule has 150 valence electrons. The molecule has 0 amide bonds. The van der Waals surface area contributed by atoms with Gasteiger partial charge >= 0.3 is 0 Å². The van der Waals surface area contributed by atoms with Gasteiger partial charge in [0.2, 0.25) is 6.79 Å². The zero-order valence-electron chi connectivity index (χ0n) is 16.1. The van der Waals surface area contributed by atoms with Gasteiger partial charge < -0.3 is 14.8 Å². The van der Waals surface area contributed by atoms with E-state index < -0.39 is 10.0 Å². The summed E-state index contributed by atoms with van der Waals surface area (Å²) in [6.07, 6.45) is 4.55. The molecule has 29 heavy (non-hydrogen) atoms. The summed E-state index contributed by atoms with van der Waals surface area (Å²) in [6, 6.07) is 12.9. The molecule has 2 aromatic carbocycles. The summed E-state index contributed by atoms with van der Waals surface area (Å²) in [5, 5.41) is 3.17. The Bertz CT molecular complexity index is 1200. The van der Waals surface area contributed by atoms with Crippen molar-refractivity contribution in [3.63, 3.8) is 0 Å². The number of fused-ring (bicyclic) bond motifs is 4. The number of nitrogens with one attached hydrogen (secondary N) is 1. The van der Waals surface area contributed by atoms with Gasteiger partial charge in [0.1, 0.15) is 0 Å². The molecule has 2 aliphatic rings. The third-order valence-electron chi connectivity index (χ3n) is 5.58. The topological polar surface area (TPSA) is 69.6 Å². The largest absolute Gasteiger partial charge is 0.454 e. The average molecular weight is 410 g/mol. The molecule has 0 spiro atoms. The Labute approximate surface area is 170 Å². The molecule has 0 bridgehead atoms. The molecule has 6 nitrogen and oxygen atoms in total. The third-order valence-corrected chi connectivity index (χ3v) is 7.24. The molecule has 0 saturated carbocycles. The van der Waals surface area contributed by atoms with Crippen molar-refractivity contribution in [3.05, 3.63) is 65.4 Å². The lowest BCUT2D eigenvalue weighted by molar-refractivity contribution is 0.174. The minimum Gasteiger partial charge on any atom is -0.454 e. The number of nitrogens with zero attached hydrogens (tertiary/aromatic N) is 1. The Morgan fingerprint density at radius 3 is 2.76 bits per heavy atom. The van der Waals surface area contributed by atoms with E-state index in [1.54, 1.807) is 24.4 Å². The molecule has 0 fully saturated rings. The Balaban J connectivity index is 1.74. The molecule has 5 rings (SSSR count). The van der Waals surface area contributed by atoms with Gasteiger partial charge in [-0.15, -0.1) is 0 Å². The molecule has 0 atom stereocenters. The van der Waals surface area contributed by atoms with E-state index in [1.807, 2.05) is 25.2 Å². The molecule has 1 aromatic heterocycles. The quantitative estimate of drug-likeness (QED) is 0.715. The highest BCUT2D eigenvalue weighted by Crippen LogP contribution is 2.39. The number of hydrogen-bond acceptors (Lipinski definition) is 5. The predicted molar refractivity (Wildman–Crippen MR) is 110 cm³/mol. The first kappa shape index (κ1) is 18.3. The van der Waals surface area contributed by atoms with Crippen LogP contribution >= 0.6 is 0 Å². The lowest BCUT2D eigenvalue weighted by Crippen LogP contribution is -2.14. The number of aromatic nitrogens is 1. The van der Waals surface area contributed by atoms with Crippen molar-refractivity contribution in [2.45, 2.75) is 30.7 Å². The van der Waals surface area contributed by atoms with Crippen LogP contribution in [0.5, 0.6) is 11.5 Å². The smallest absolute Gasteiger partial charge is 0.268 e. The van der Waals surface area contributed by atoms with E-state index in [-0.39, 0.29) is 11.7 Å². The lowest BCUT2D eigenvalue weighted by atomic mass is 10.0. The van der Waals surface area contributed by atoms with E-state index in [0.29, 0.717) is 18.0 Å². The van der Waals surface area contributed by atoms with Crippen molar-refractivity contribution in [2.75, 3.05) is 13.8 Å². The molecular weight excluding hydrogens is 388 g/mol. The van der Waals surface area contributed by atoms with Gasteiger partial charge in [-0.3, -0.25) is 0 Å². The van der Waals surface area contributed by atoms with Gasteiger partial charge in [-0.25, -0.2) is 12.4 Å². The minimum absolute atomic E-state index is 0.109. The van der Waals surface area contributed by atoms with Gasteiger partial charge in [-0.05, 0) is 55.1 Å². The van der Waals surface area contributed by atoms with E-state index in [4.69, 9.17) is 9.47 Å². The van der Waals surface area contributed by atoms with Crippen LogP contribution in [0.2, 0.25) is 0 Å². The van der Waals surface area contributed by atoms with Gasteiger partial charge in [0.05, 0.1) is 10.6 Å². The van der Waals surface area contributed by atoms with E-state index in [2.05, 4.69) is 11.4 Å². The van der Waals surface area contributed by atoms with Crippen molar-refractivity contribution < 1.29 is 17.9 Å². The molecule has 7 heteroatoms. The van der Waals surface area contributed by atoms with E-state index >= 15 is 0 Å². The van der Waals surface area contributed by atoms with Crippen molar-refractivity contribution in [1.82, 2.24) is 9.29 Å². The van der Waals surface area contributed by atoms with Crippen LogP contribution in [0, 0.1) is 0 Å². The molecule has 0 unspecified atom stereocenters. The van der Waals surface area contributed by atoms with Crippen LogP contribution in [0.3, 0.4) is 0 Å². The minimum atomic E-state index is -3.81. The van der Waals surface area contributed by atoms with Crippen LogP contribution in [0.25, 0.3) is 11.3 Å². The van der Waals surface area contributed by atoms with Crippen molar-refractivity contribution in [2.24, 2.45) is 0 Å². The van der Waals surface area contributed by atoms with Crippen molar-refractivity contribution in [1.29, 1.82) is 0 Å². The zero-order valence-corrected chi connectivity index (χ0v) is 17.0. The van der Waals surface area contributed by atoms with Gasteiger partial charge in [0.25, 0.3) is 10.0 Å².